The van der Waals surface area contributed by atoms with Gasteiger partial charge in [0.15, 0.2) is 0 Å². The molecule has 0 spiro atoms. The number of aliphatic hydroxyl groups excluding tert-OH is 1. The summed E-state index contributed by atoms with van der Waals surface area (Å²) in [6, 6.07) is 7.61. The molecule has 1 amide bonds. The summed E-state index contributed by atoms with van der Waals surface area (Å²) in [5.74, 6) is 0.323. The van der Waals surface area contributed by atoms with E-state index in [4.69, 9.17) is 0 Å². The number of nitrogens with one attached hydrogen (secondary N) is 2. The maximum absolute atomic E-state index is 11.4. The van der Waals surface area contributed by atoms with Gasteiger partial charge >= 0.3 is 0 Å². The molecule has 1 saturated carbocycles. The molecule has 1 aromatic carbocycles. The van der Waals surface area contributed by atoms with Crippen LogP contribution in [0.5, 0.6) is 0 Å². The molecule has 2 atom stereocenters. The van der Waals surface area contributed by atoms with E-state index in [9.17, 15) is 9.90 Å². The van der Waals surface area contributed by atoms with Gasteiger partial charge in [-0.2, -0.15) is 0 Å². The van der Waals surface area contributed by atoms with Crippen molar-refractivity contribution in [3.05, 3.63) is 35.4 Å². The molecule has 20 heavy (non-hydrogen) atoms. The summed E-state index contributed by atoms with van der Waals surface area (Å²) in [5.41, 5.74) is 1.84. The maximum Gasteiger partial charge on any atom is 0.251 e. The molecule has 4 nitrogen and oxygen atoms in total. The van der Waals surface area contributed by atoms with E-state index in [1.165, 1.54) is 6.42 Å². The first kappa shape index (κ1) is 15.0. The van der Waals surface area contributed by atoms with Crippen molar-refractivity contribution in [2.24, 2.45) is 5.92 Å². The highest BCUT2D eigenvalue weighted by atomic mass is 16.3. The van der Waals surface area contributed by atoms with Crippen LogP contribution < -0.4 is 10.6 Å². The Morgan fingerprint density at radius 1 is 1.25 bits per heavy atom. The van der Waals surface area contributed by atoms with Crippen molar-refractivity contribution in [2.75, 3.05) is 13.6 Å². The van der Waals surface area contributed by atoms with Gasteiger partial charge in [-0.05, 0) is 36.5 Å². The highest BCUT2D eigenvalue weighted by molar-refractivity contribution is 5.93. The molecular formula is C16H24N2O2. The minimum Gasteiger partial charge on any atom is -0.393 e. The number of hydrogen-bond acceptors (Lipinski definition) is 3. The van der Waals surface area contributed by atoms with E-state index in [-0.39, 0.29) is 12.0 Å². The molecule has 4 heteroatoms. The van der Waals surface area contributed by atoms with Gasteiger partial charge in [0.25, 0.3) is 5.91 Å². The zero-order valence-corrected chi connectivity index (χ0v) is 12.1. The van der Waals surface area contributed by atoms with Crippen LogP contribution in [-0.4, -0.2) is 30.7 Å². The van der Waals surface area contributed by atoms with Crippen LogP contribution >= 0.6 is 0 Å². The zero-order chi connectivity index (χ0) is 14.4. The van der Waals surface area contributed by atoms with Crippen LogP contribution in [0.1, 0.15) is 41.6 Å². The molecular weight excluding hydrogens is 252 g/mol. The van der Waals surface area contributed by atoms with Gasteiger partial charge in [-0.1, -0.05) is 25.0 Å². The van der Waals surface area contributed by atoms with Gasteiger partial charge in [0.2, 0.25) is 0 Å². The van der Waals surface area contributed by atoms with Gasteiger partial charge in [-0.15, -0.1) is 0 Å². The Kier molecular flexibility index (Phi) is 5.56. The second-order valence-electron chi connectivity index (χ2n) is 5.52. The molecule has 1 aromatic rings. The second-order valence-corrected chi connectivity index (χ2v) is 5.52. The first-order chi connectivity index (χ1) is 9.70. The topological polar surface area (TPSA) is 61.4 Å². The third-order valence-corrected chi connectivity index (χ3v) is 4.05. The molecule has 2 unspecified atom stereocenters. The normalized spacial score (nSPS) is 22.5. The Labute approximate surface area is 120 Å². The molecule has 1 fully saturated rings. The molecule has 1 aliphatic carbocycles. The average Bonchev–Trinajstić information content (AvgIpc) is 2.49. The zero-order valence-electron chi connectivity index (χ0n) is 12.1. The van der Waals surface area contributed by atoms with Gasteiger partial charge in [0.1, 0.15) is 0 Å². The SMILES string of the molecule is CNC(=O)c1ccc(CNCC2CCCCC2O)cc1. The standard InChI is InChI=1S/C16H24N2O2/c1-17-16(20)13-8-6-12(7-9-13)10-18-11-14-4-2-3-5-15(14)19/h6-9,14-15,18-19H,2-5,10-11H2,1H3,(H,17,20). The van der Waals surface area contributed by atoms with Crippen LogP contribution in [0.4, 0.5) is 0 Å². The van der Waals surface area contributed by atoms with Crippen molar-refractivity contribution in [1.29, 1.82) is 0 Å². The van der Waals surface area contributed by atoms with Gasteiger partial charge in [0.05, 0.1) is 6.10 Å². The Hall–Kier alpha value is -1.39. The molecule has 110 valence electrons. The van der Waals surface area contributed by atoms with Crippen molar-refractivity contribution >= 4 is 5.91 Å². The fourth-order valence-electron chi connectivity index (χ4n) is 2.75. The molecule has 3 N–H and O–H groups in total. The number of carbonyl (C=O) groups is 1. The smallest absolute Gasteiger partial charge is 0.251 e. The summed E-state index contributed by atoms with van der Waals surface area (Å²) in [7, 11) is 1.63. The lowest BCUT2D eigenvalue weighted by Gasteiger charge is -2.27. The minimum atomic E-state index is -0.146. The molecule has 0 aromatic heterocycles. The van der Waals surface area contributed by atoms with Crippen molar-refractivity contribution in [3.8, 4) is 0 Å². The predicted octanol–water partition coefficient (Wildman–Crippen LogP) is 1.69. The average molecular weight is 276 g/mol. The highest BCUT2D eigenvalue weighted by Crippen LogP contribution is 2.23. The molecule has 1 aliphatic rings. The molecule has 0 heterocycles. The monoisotopic (exact) mass is 276 g/mol. The molecule has 0 aliphatic heterocycles. The summed E-state index contributed by atoms with van der Waals surface area (Å²) in [4.78, 5) is 11.4. The van der Waals surface area contributed by atoms with E-state index < -0.39 is 0 Å². The van der Waals surface area contributed by atoms with Gasteiger partial charge in [-0.25, -0.2) is 0 Å². The van der Waals surface area contributed by atoms with Gasteiger partial charge in [-0.3, -0.25) is 4.79 Å². The Morgan fingerprint density at radius 3 is 2.60 bits per heavy atom. The number of amides is 1. The van der Waals surface area contributed by atoms with E-state index in [1.807, 2.05) is 24.3 Å². The van der Waals surface area contributed by atoms with Crippen LogP contribution in [0.25, 0.3) is 0 Å². The molecule has 0 radical (unpaired) electrons. The first-order valence-corrected chi connectivity index (χ1v) is 7.40. The van der Waals surface area contributed by atoms with E-state index in [0.717, 1.165) is 37.9 Å². The van der Waals surface area contributed by atoms with E-state index in [1.54, 1.807) is 7.05 Å². The van der Waals surface area contributed by atoms with Crippen molar-refractivity contribution < 1.29 is 9.90 Å². The first-order valence-electron chi connectivity index (χ1n) is 7.40. The van der Waals surface area contributed by atoms with Crippen LogP contribution in [0, 0.1) is 5.92 Å². The van der Waals surface area contributed by atoms with Crippen LogP contribution in [0.3, 0.4) is 0 Å². The van der Waals surface area contributed by atoms with Crippen molar-refractivity contribution in [1.82, 2.24) is 10.6 Å². The van der Waals surface area contributed by atoms with E-state index in [2.05, 4.69) is 10.6 Å². The summed E-state index contributed by atoms with van der Waals surface area (Å²) in [5, 5.41) is 15.9. The number of aliphatic hydroxyl groups is 1. The quantitative estimate of drug-likeness (QED) is 0.767. The lowest BCUT2D eigenvalue weighted by atomic mass is 9.86. The molecule has 0 saturated heterocycles. The Morgan fingerprint density at radius 2 is 1.95 bits per heavy atom. The molecule has 0 bridgehead atoms. The van der Waals surface area contributed by atoms with Crippen LogP contribution in [0.15, 0.2) is 24.3 Å². The molecule has 2 rings (SSSR count). The summed E-state index contributed by atoms with van der Waals surface area (Å²) < 4.78 is 0. The van der Waals surface area contributed by atoms with Crippen molar-refractivity contribution in [3.63, 3.8) is 0 Å². The number of carbonyl (C=O) groups excluding carboxylic acids is 1. The summed E-state index contributed by atoms with van der Waals surface area (Å²) in [6.07, 6.45) is 4.28. The maximum atomic E-state index is 11.4. The lowest BCUT2D eigenvalue weighted by Crippen LogP contribution is -2.33. The Balaban J connectivity index is 1.77. The fourth-order valence-corrected chi connectivity index (χ4v) is 2.75. The Bertz CT molecular complexity index is 431. The van der Waals surface area contributed by atoms with E-state index in [0.29, 0.717) is 11.5 Å². The van der Waals surface area contributed by atoms with Crippen LogP contribution in [-0.2, 0) is 6.54 Å². The van der Waals surface area contributed by atoms with Gasteiger partial charge in [0, 0.05) is 25.7 Å². The number of benzene rings is 1. The fraction of sp³-hybridized carbons (Fsp3) is 0.562. The number of rotatable bonds is 5. The van der Waals surface area contributed by atoms with Gasteiger partial charge < -0.3 is 15.7 Å². The van der Waals surface area contributed by atoms with Crippen molar-refractivity contribution in [2.45, 2.75) is 38.3 Å². The highest BCUT2D eigenvalue weighted by Gasteiger charge is 2.22. The van der Waals surface area contributed by atoms with Crippen LogP contribution in [0.2, 0.25) is 0 Å². The second kappa shape index (κ2) is 7.41. The predicted molar refractivity (Wildman–Crippen MR) is 79.5 cm³/mol. The van der Waals surface area contributed by atoms with E-state index >= 15 is 0 Å². The lowest BCUT2D eigenvalue weighted by molar-refractivity contribution is 0.0695. The summed E-state index contributed by atoms with van der Waals surface area (Å²) in [6.45, 7) is 1.63. The summed E-state index contributed by atoms with van der Waals surface area (Å²) >= 11 is 0. The third kappa shape index (κ3) is 4.05. The minimum absolute atomic E-state index is 0.0603. The number of hydrogen-bond donors (Lipinski definition) is 3. The largest absolute Gasteiger partial charge is 0.393 e. The third-order valence-electron chi connectivity index (χ3n) is 4.05.